The second-order valence-electron chi connectivity index (χ2n) is 9.15. The molecule has 194 valence electrons. The van der Waals surface area contributed by atoms with E-state index in [0.717, 1.165) is 39.5 Å². The minimum atomic E-state index is -0.0501. The van der Waals surface area contributed by atoms with Crippen molar-refractivity contribution >= 4 is 69.0 Å². The molecule has 5 aromatic rings. The van der Waals surface area contributed by atoms with Crippen molar-refractivity contribution in [2.75, 3.05) is 12.5 Å². The lowest BCUT2D eigenvalue weighted by Crippen LogP contribution is -1.96. The number of nitrogens with zero attached hydrogens (tertiary/aromatic N) is 1. The zero-order chi connectivity index (χ0) is 27.4. The number of aryl methyl sites for hydroxylation is 1. The Morgan fingerprint density at radius 3 is 1.41 bits per heavy atom. The normalized spacial score (nSPS) is 11.8. The molecule has 4 aromatic carbocycles. The van der Waals surface area contributed by atoms with E-state index in [-0.39, 0.29) is 11.6 Å². The van der Waals surface area contributed by atoms with Crippen LogP contribution in [0, 0.1) is 0 Å². The molecule has 0 radical (unpaired) electrons. The van der Waals surface area contributed by atoms with Crippen molar-refractivity contribution < 1.29 is 9.59 Å². The van der Waals surface area contributed by atoms with Gasteiger partial charge in [0.25, 0.3) is 0 Å². The molecule has 0 saturated carbocycles. The lowest BCUT2D eigenvalue weighted by Gasteiger charge is -2.03. The van der Waals surface area contributed by atoms with E-state index in [9.17, 15) is 9.59 Å². The van der Waals surface area contributed by atoms with Gasteiger partial charge in [-0.15, -0.1) is 23.5 Å². The molecule has 1 heterocycles. The Labute approximate surface area is 237 Å². The average Bonchev–Trinajstić information content (AvgIpc) is 3.31. The molecule has 39 heavy (non-hydrogen) atoms. The Kier molecular flexibility index (Phi) is 8.20. The first-order chi connectivity index (χ1) is 19.0. The predicted octanol–water partition coefficient (Wildman–Crippen LogP) is 9.05. The molecular formula is C34H29NO2S2. The van der Waals surface area contributed by atoms with Crippen molar-refractivity contribution in [3.63, 3.8) is 0 Å². The Morgan fingerprint density at radius 1 is 0.641 bits per heavy atom. The zero-order valence-corrected chi connectivity index (χ0v) is 23.8. The minimum Gasteiger partial charge on any atom is -0.341 e. The number of carbonyl (C=O) groups is 2. The number of ketones is 2. The quantitative estimate of drug-likeness (QED) is 0.105. The average molecular weight is 548 g/mol. The smallest absolute Gasteiger partial charge is 0.185 e. The monoisotopic (exact) mass is 547 g/mol. The van der Waals surface area contributed by atoms with Crippen molar-refractivity contribution in [2.24, 2.45) is 0 Å². The van der Waals surface area contributed by atoms with E-state index >= 15 is 0 Å². The molecule has 0 spiro atoms. The van der Waals surface area contributed by atoms with Crippen molar-refractivity contribution in [3.8, 4) is 0 Å². The topological polar surface area (TPSA) is 39.1 Å². The summed E-state index contributed by atoms with van der Waals surface area (Å²) in [7, 11) is 0. The Balaban J connectivity index is 1.46. The van der Waals surface area contributed by atoms with Crippen molar-refractivity contribution in [3.05, 3.63) is 119 Å². The van der Waals surface area contributed by atoms with Gasteiger partial charge in [0.05, 0.1) is 0 Å². The van der Waals surface area contributed by atoms with Gasteiger partial charge in [-0.05, 0) is 103 Å². The SMILES string of the molecule is CCn1c2ccc(C(=O)/C=C/c3ccc(SC)cc3)cc2c2cc(C(=O)/C=C/c3ccc(SC)cc3)ccc21. The summed E-state index contributed by atoms with van der Waals surface area (Å²) >= 11 is 3.38. The summed E-state index contributed by atoms with van der Waals surface area (Å²) in [5, 5.41) is 1.95. The van der Waals surface area contributed by atoms with Crippen molar-refractivity contribution in [1.82, 2.24) is 4.57 Å². The summed E-state index contributed by atoms with van der Waals surface area (Å²) in [6, 6.07) is 27.9. The molecule has 5 heteroatoms. The first-order valence-corrected chi connectivity index (χ1v) is 15.2. The molecule has 0 atom stereocenters. The lowest BCUT2D eigenvalue weighted by molar-refractivity contribution is 0.104. The second-order valence-corrected chi connectivity index (χ2v) is 10.9. The Hall–Kier alpha value is -3.80. The number of hydrogen-bond donors (Lipinski definition) is 0. The van der Waals surface area contributed by atoms with E-state index in [1.807, 2.05) is 85.3 Å². The maximum Gasteiger partial charge on any atom is 0.185 e. The van der Waals surface area contributed by atoms with Gasteiger partial charge >= 0.3 is 0 Å². The summed E-state index contributed by atoms with van der Waals surface area (Å²) in [4.78, 5) is 28.5. The largest absolute Gasteiger partial charge is 0.341 e. The first kappa shape index (κ1) is 26.8. The number of thioether (sulfide) groups is 2. The fourth-order valence-electron chi connectivity index (χ4n) is 4.72. The number of allylic oxidation sites excluding steroid dienone is 2. The molecule has 0 saturated heterocycles. The van der Waals surface area contributed by atoms with Gasteiger partial charge in [-0.25, -0.2) is 0 Å². The molecule has 0 aliphatic rings. The third-order valence-corrected chi connectivity index (χ3v) is 8.32. The number of hydrogen-bond acceptors (Lipinski definition) is 4. The summed E-state index contributed by atoms with van der Waals surface area (Å²) in [6.45, 7) is 2.89. The van der Waals surface area contributed by atoms with Crippen molar-refractivity contribution in [2.45, 2.75) is 23.3 Å². The molecular weight excluding hydrogens is 519 g/mol. The van der Waals surface area contributed by atoms with Gasteiger partial charge in [-0.1, -0.05) is 36.4 Å². The molecule has 0 fully saturated rings. The molecule has 0 aliphatic carbocycles. The van der Waals surface area contributed by atoms with Gasteiger partial charge < -0.3 is 4.57 Å². The first-order valence-electron chi connectivity index (χ1n) is 12.8. The van der Waals surface area contributed by atoms with Crippen LogP contribution in [0.3, 0.4) is 0 Å². The van der Waals surface area contributed by atoms with Crippen LogP contribution >= 0.6 is 23.5 Å². The Morgan fingerprint density at radius 2 is 1.05 bits per heavy atom. The van der Waals surface area contributed by atoms with E-state index in [0.29, 0.717) is 11.1 Å². The summed E-state index contributed by atoms with van der Waals surface area (Å²) in [5.41, 5.74) is 5.33. The van der Waals surface area contributed by atoms with Gasteiger partial charge in [-0.2, -0.15) is 0 Å². The lowest BCUT2D eigenvalue weighted by atomic mass is 10.0. The standard InChI is InChI=1S/C34H29NO2S2/c1-4-35-31-17-11-25(33(36)19-9-23-5-13-27(38-2)14-6-23)21-29(31)30-22-26(12-18-32(30)35)34(37)20-10-24-7-15-28(39-3)16-8-24/h5-22H,4H2,1-3H3/b19-9+,20-10+. The van der Waals surface area contributed by atoms with Crippen molar-refractivity contribution in [1.29, 1.82) is 0 Å². The molecule has 0 amide bonds. The van der Waals surface area contributed by atoms with Gasteiger partial charge in [-0.3, -0.25) is 9.59 Å². The number of rotatable bonds is 9. The third-order valence-electron chi connectivity index (χ3n) is 6.84. The zero-order valence-electron chi connectivity index (χ0n) is 22.2. The van der Waals surface area contributed by atoms with Gasteiger partial charge in [0, 0.05) is 49.3 Å². The van der Waals surface area contributed by atoms with E-state index in [4.69, 9.17) is 0 Å². The highest BCUT2D eigenvalue weighted by molar-refractivity contribution is 7.98. The summed E-state index contributed by atoms with van der Waals surface area (Å²) < 4.78 is 2.22. The minimum absolute atomic E-state index is 0.0501. The second kappa shape index (κ2) is 11.9. The third kappa shape index (κ3) is 5.80. The Bertz CT molecular complexity index is 1600. The van der Waals surface area contributed by atoms with E-state index in [1.54, 1.807) is 35.7 Å². The van der Waals surface area contributed by atoms with Crippen LogP contribution in [-0.4, -0.2) is 28.6 Å². The summed E-state index contributed by atoms with van der Waals surface area (Å²) in [6.07, 6.45) is 11.0. The molecule has 0 bridgehead atoms. The number of benzene rings is 4. The van der Waals surface area contributed by atoms with E-state index in [1.165, 1.54) is 9.79 Å². The van der Waals surface area contributed by atoms with Crippen LogP contribution in [0.2, 0.25) is 0 Å². The molecule has 0 N–H and O–H groups in total. The van der Waals surface area contributed by atoms with Gasteiger partial charge in [0.15, 0.2) is 11.6 Å². The maximum atomic E-state index is 13.1. The van der Waals surface area contributed by atoms with Gasteiger partial charge in [0.1, 0.15) is 0 Å². The molecule has 0 aliphatic heterocycles. The van der Waals surface area contributed by atoms with Crippen LogP contribution < -0.4 is 0 Å². The fourth-order valence-corrected chi connectivity index (χ4v) is 5.53. The van der Waals surface area contributed by atoms with Crippen LogP contribution in [0.25, 0.3) is 34.0 Å². The molecule has 5 rings (SSSR count). The maximum absolute atomic E-state index is 13.1. The highest BCUT2D eigenvalue weighted by Gasteiger charge is 2.14. The van der Waals surface area contributed by atoms with Crippen LogP contribution in [-0.2, 0) is 6.54 Å². The van der Waals surface area contributed by atoms with E-state index < -0.39 is 0 Å². The molecule has 3 nitrogen and oxygen atoms in total. The predicted molar refractivity (Wildman–Crippen MR) is 168 cm³/mol. The highest BCUT2D eigenvalue weighted by atomic mass is 32.2. The fraction of sp³-hybridized carbons (Fsp3) is 0.118. The van der Waals surface area contributed by atoms with Crippen LogP contribution in [0.4, 0.5) is 0 Å². The van der Waals surface area contributed by atoms with Crippen LogP contribution in [0.1, 0.15) is 38.8 Å². The van der Waals surface area contributed by atoms with E-state index in [2.05, 4.69) is 35.8 Å². The van der Waals surface area contributed by atoms with Crippen LogP contribution in [0.15, 0.2) is 107 Å². The number of aromatic nitrogens is 1. The number of fused-ring (bicyclic) bond motifs is 3. The van der Waals surface area contributed by atoms with Crippen LogP contribution in [0.5, 0.6) is 0 Å². The highest BCUT2D eigenvalue weighted by Crippen LogP contribution is 2.31. The molecule has 0 unspecified atom stereocenters. The number of carbonyl (C=O) groups excluding carboxylic acids is 2. The molecule has 1 aromatic heterocycles. The summed E-state index contributed by atoms with van der Waals surface area (Å²) in [5.74, 6) is -0.100. The van der Waals surface area contributed by atoms with Gasteiger partial charge in [0.2, 0.25) is 0 Å².